The number of aryl methyl sites for hydroxylation is 1. The van der Waals surface area contributed by atoms with Crippen molar-refractivity contribution in [1.82, 2.24) is 39.9 Å². The number of carbonyl (C=O) groups is 1. The summed E-state index contributed by atoms with van der Waals surface area (Å²) in [6, 6.07) is 8.07. The Bertz CT molecular complexity index is 1540. The maximum absolute atomic E-state index is 15.5. The van der Waals surface area contributed by atoms with E-state index in [1.807, 2.05) is 0 Å². The summed E-state index contributed by atoms with van der Waals surface area (Å²) >= 11 is 0. The number of amides is 1. The lowest BCUT2D eigenvalue weighted by molar-refractivity contribution is 0.0270. The fourth-order valence-corrected chi connectivity index (χ4v) is 3.51. The second-order valence-corrected chi connectivity index (χ2v) is 7.29. The zero-order valence-corrected chi connectivity index (χ0v) is 17.3. The Kier molecular flexibility index (Phi) is 4.58. The molecule has 0 aliphatic carbocycles. The van der Waals surface area contributed by atoms with Crippen LogP contribution in [0.1, 0.15) is 21.9 Å². The van der Waals surface area contributed by atoms with Crippen LogP contribution in [0.5, 0.6) is 0 Å². The highest BCUT2D eigenvalue weighted by molar-refractivity contribution is 5.93. The molecule has 0 fully saturated rings. The minimum Gasteiger partial charge on any atom is -0.354 e. The summed E-state index contributed by atoms with van der Waals surface area (Å²) in [5.41, 5.74) is 0.322. The molecule has 12 heteroatoms. The minimum atomic E-state index is -3.84. The Morgan fingerprint density at radius 2 is 1.91 bits per heavy atom. The van der Waals surface area contributed by atoms with E-state index in [0.717, 1.165) is 16.6 Å². The van der Waals surface area contributed by atoms with E-state index in [4.69, 9.17) is 0 Å². The Labute approximate surface area is 183 Å². The summed E-state index contributed by atoms with van der Waals surface area (Å²) in [4.78, 5) is 15.9. The number of nitrogens with zero attached hydrogens (tertiary/aromatic N) is 7. The third-order valence-corrected chi connectivity index (χ3v) is 5.11. The van der Waals surface area contributed by atoms with Crippen molar-refractivity contribution < 1.29 is 18.0 Å². The number of hydrogen-bond acceptors (Lipinski definition) is 6. The second-order valence-electron chi connectivity index (χ2n) is 7.29. The number of rotatable bonds is 4. The average molecular weight is 452 g/mol. The van der Waals surface area contributed by atoms with Crippen molar-refractivity contribution >= 4 is 22.5 Å². The lowest BCUT2D eigenvalue weighted by atomic mass is 10.0. The largest absolute Gasteiger partial charge is 0.354 e. The molecule has 5 rings (SSSR count). The van der Waals surface area contributed by atoms with Gasteiger partial charge in [-0.2, -0.15) is 23.5 Å². The maximum Gasteiger partial charge on any atom is 0.336 e. The van der Waals surface area contributed by atoms with Crippen molar-refractivity contribution in [2.75, 3.05) is 7.05 Å². The van der Waals surface area contributed by atoms with Crippen molar-refractivity contribution in [3.63, 3.8) is 0 Å². The van der Waals surface area contributed by atoms with Gasteiger partial charge in [0.05, 0.1) is 16.8 Å². The molecule has 4 heterocycles. The summed E-state index contributed by atoms with van der Waals surface area (Å²) in [6.07, 6.45) is 2.92. The third-order valence-electron chi connectivity index (χ3n) is 5.11. The molecule has 0 aliphatic rings. The fraction of sp³-hybridized carbons (Fsp3) is 0.143. The third kappa shape index (κ3) is 3.35. The number of halogens is 3. The lowest BCUT2D eigenvalue weighted by Gasteiger charge is -2.15. The molecular weight excluding hydrogens is 437 g/mol. The van der Waals surface area contributed by atoms with Gasteiger partial charge >= 0.3 is 5.92 Å². The first-order valence-electron chi connectivity index (χ1n) is 9.70. The van der Waals surface area contributed by atoms with Crippen molar-refractivity contribution in [2.45, 2.75) is 5.92 Å². The quantitative estimate of drug-likeness (QED) is 0.450. The Morgan fingerprint density at radius 1 is 1.09 bits per heavy atom. The number of fused-ring (bicyclic) bond motifs is 2. The van der Waals surface area contributed by atoms with Crippen molar-refractivity contribution in [2.24, 2.45) is 7.05 Å². The number of nitrogens with one attached hydrogen (secondary N) is 1. The van der Waals surface area contributed by atoms with Crippen LogP contribution in [0.25, 0.3) is 27.8 Å². The SMILES string of the molecule is CNC(=O)c1cc(-c2ccc3nnc(C(F)(F)c4cc5cn(C)nc5cc4F)n3n2)ccn1. The maximum atomic E-state index is 15.5. The van der Waals surface area contributed by atoms with Gasteiger partial charge in [0.1, 0.15) is 11.5 Å². The zero-order valence-electron chi connectivity index (χ0n) is 17.3. The van der Waals surface area contributed by atoms with Gasteiger partial charge in [-0.1, -0.05) is 0 Å². The predicted octanol–water partition coefficient (Wildman–Crippen LogP) is 2.71. The van der Waals surface area contributed by atoms with Crippen LogP contribution < -0.4 is 5.32 Å². The van der Waals surface area contributed by atoms with Gasteiger partial charge in [-0.05, 0) is 30.3 Å². The molecule has 0 unspecified atom stereocenters. The minimum absolute atomic E-state index is 0.0527. The predicted molar refractivity (Wildman–Crippen MR) is 111 cm³/mol. The van der Waals surface area contributed by atoms with Gasteiger partial charge in [-0.15, -0.1) is 10.2 Å². The van der Waals surface area contributed by atoms with Crippen molar-refractivity contribution in [1.29, 1.82) is 0 Å². The normalized spacial score (nSPS) is 11.9. The molecule has 4 aromatic heterocycles. The first kappa shape index (κ1) is 20.5. The molecule has 1 aromatic carbocycles. The Hall–Kier alpha value is -4.35. The van der Waals surface area contributed by atoms with Gasteiger partial charge in [0, 0.05) is 43.5 Å². The summed E-state index contributed by atoms with van der Waals surface area (Å²) in [6.45, 7) is 0. The highest BCUT2D eigenvalue weighted by Crippen LogP contribution is 2.37. The van der Waals surface area contributed by atoms with Crippen LogP contribution in [0.3, 0.4) is 0 Å². The monoisotopic (exact) mass is 452 g/mol. The molecule has 0 bridgehead atoms. The molecule has 0 spiro atoms. The van der Waals surface area contributed by atoms with Crippen LogP contribution in [-0.4, -0.2) is 47.5 Å². The van der Waals surface area contributed by atoms with Gasteiger partial charge in [0.25, 0.3) is 5.91 Å². The van der Waals surface area contributed by atoms with Gasteiger partial charge in [-0.25, -0.2) is 4.39 Å². The standard InChI is InChI=1S/C21H15F3N8O/c1-25-19(33)17-8-11(5-6-26-17)15-3-4-18-27-28-20(32(18)30-15)21(23,24)13-7-12-10-31(2)29-16(12)9-14(13)22/h3-10H,1-2H3,(H,25,33). The van der Waals surface area contributed by atoms with E-state index in [-0.39, 0.29) is 22.6 Å². The first-order chi connectivity index (χ1) is 15.8. The Balaban J connectivity index is 1.64. The van der Waals surface area contributed by atoms with Crippen LogP contribution in [0.2, 0.25) is 0 Å². The van der Waals surface area contributed by atoms with Crippen molar-refractivity contribution in [3.8, 4) is 11.3 Å². The molecule has 5 aromatic rings. The van der Waals surface area contributed by atoms with Crippen LogP contribution in [-0.2, 0) is 13.0 Å². The first-order valence-corrected chi connectivity index (χ1v) is 9.70. The fourth-order valence-electron chi connectivity index (χ4n) is 3.51. The van der Waals surface area contributed by atoms with Gasteiger partial charge in [0.15, 0.2) is 5.65 Å². The van der Waals surface area contributed by atoms with Gasteiger partial charge < -0.3 is 5.32 Å². The van der Waals surface area contributed by atoms with Crippen LogP contribution >= 0.6 is 0 Å². The van der Waals surface area contributed by atoms with Gasteiger partial charge in [0.2, 0.25) is 5.82 Å². The summed E-state index contributed by atoms with van der Waals surface area (Å²) in [5.74, 6) is -6.22. The molecular formula is C21H15F3N8O. The summed E-state index contributed by atoms with van der Waals surface area (Å²) in [5, 5.41) is 18.4. The van der Waals surface area contributed by atoms with Gasteiger partial charge in [-0.3, -0.25) is 14.5 Å². The van der Waals surface area contributed by atoms with E-state index in [2.05, 4.69) is 30.7 Å². The van der Waals surface area contributed by atoms with Crippen LogP contribution in [0.4, 0.5) is 13.2 Å². The topological polar surface area (TPSA) is 103 Å². The number of carbonyl (C=O) groups excluding carboxylic acids is 1. The molecule has 0 saturated heterocycles. The van der Waals surface area contributed by atoms with E-state index >= 15 is 8.78 Å². The summed E-state index contributed by atoms with van der Waals surface area (Å²) in [7, 11) is 3.08. The number of alkyl halides is 2. The van der Waals surface area contributed by atoms with E-state index in [1.165, 1.54) is 36.3 Å². The number of pyridine rings is 1. The molecule has 33 heavy (non-hydrogen) atoms. The zero-order chi connectivity index (χ0) is 23.3. The molecule has 0 saturated carbocycles. The molecule has 1 N–H and O–H groups in total. The molecule has 9 nitrogen and oxygen atoms in total. The number of benzene rings is 1. The lowest BCUT2D eigenvalue weighted by Crippen LogP contribution is -2.22. The van der Waals surface area contributed by atoms with Crippen molar-refractivity contribution in [3.05, 3.63) is 71.7 Å². The number of hydrogen-bond donors (Lipinski definition) is 1. The summed E-state index contributed by atoms with van der Waals surface area (Å²) < 4.78 is 47.9. The molecule has 1 amide bonds. The van der Waals surface area contributed by atoms with E-state index in [0.29, 0.717) is 10.9 Å². The second kappa shape index (κ2) is 7.36. The molecule has 0 aliphatic heterocycles. The molecule has 166 valence electrons. The average Bonchev–Trinajstić information content (AvgIpc) is 3.40. The highest BCUT2D eigenvalue weighted by Gasteiger charge is 2.42. The number of aromatic nitrogens is 7. The highest BCUT2D eigenvalue weighted by atomic mass is 19.3. The van der Waals surface area contributed by atoms with E-state index in [9.17, 15) is 9.18 Å². The van der Waals surface area contributed by atoms with Crippen LogP contribution in [0, 0.1) is 5.82 Å². The van der Waals surface area contributed by atoms with E-state index in [1.54, 1.807) is 19.2 Å². The van der Waals surface area contributed by atoms with E-state index < -0.39 is 29.0 Å². The Morgan fingerprint density at radius 3 is 2.70 bits per heavy atom. The van der Waals surface area contributed by atoms with Crippen LogP contribution in [0.15, 0.2) is 48.8 Å². The molecule has 0 radical (unpaired) electrons. The smallest absolute Gasteiger partial charge is 0.336 e. The molecule has 0 atom stereocenters.